The maximum atomic E-state index is 13.1. The van der Waals surface area contributed by atoms with Gasteiger partial charge < -0.3 is 14.0 Å². The van der Waals surface area contributed by atoms with Crippen molar-refractivity contribution in [3.05, 3.63) is 65.2 Å². The van der Waals surface area contributed by atoms with Gasteiger partial charge in [-0.3, -0.25) is 4.79 Å². The molecule has 0 aromatic heterocycles. The number of rotatable bonds is 8. The largest absolute Gasteiger partial charge is 0.598 e. The summed E-state index contributed by atoms with van der Waals surface area (Å²) >= 11 is -1.34. The van der Waals surface area contributed by atoms with Gasteiger partial charge in [0, 0.05) is 11.4 Å². The zero-order valence-corrected chi connectivity index (χ0v) is 19.7. The Morgan fingerprint density at radius 1 is 1.19 bits per heavy atom. The van der Waals surface area contributed by atoms with E-state index in [9.17, 15) is 9.35 Å². The number of ether oxygens (including phenoxy) is 2. The van der Waals surface area contributed by atoms with Crippen LogP contribution in [0.1, 0.15) is 63.6 Å². The van der Waals surface area contributed by atoms with Crippen LogP contribution in [-0.4, -0.2) is 21.9 Å². The second kappa shape index (κ2) is 10.1. The van der Waals surface area contributed by atoms with Crippen molar-refractivity contribution in [3.63, 3.8) is 0 Å². The third-order valence-corrected chi connectivity index (χ3v) is 7.18. The number of aryl methyl sites for hydroxylation is 1. The molecule has 0 fully saturated rings. The van der Waals surface area contributed by atoms with Gasteiger partial charge in [-0.2, -0.15) is 0 Å². The molecule has 2 unspecified atom stereocenters. The summed E-state index contributed by atoms with van der Waals surface area (Å²) in [7, 11) is 0. The number of hydrogen-bond donors (Lipinski definition) is 1. The monoisotopic (exact) mass is 443 g/mol. The molecule has 0 amide bonds. The fourth-order valence-corrected chi connectivity index (χ4v) is 4.82. The number of benzene rings is 2. The molecule has 3 rings (SSSR count). The summed E-state index contributed by atoms with van der Waals surface area (Å²) < 4.78 is 27.3. The first kappa shape index (κ1) is 23.6. The molecule has 2 aromatic rings. The van der Waals surface area contributed by atoms with Gasteiger partial charge in [0.15, 0.2) is 0 Å². The molecular weight excluding hydrogens is 410 g/mol. The number of nitrogens with one attached hydrogen (secondary N) is 1. The van der Waals surface area contributed by atoms with Crippen LogP contribution in [0.2, 0.25) is 0 Å². The first-order valence-electron chi connectivity index (χ1n) is 10.9. The zero-order chi connectivity index (χ0) is 22.5. The van der Waals surface area contributed by atoms with Crippen molar-refractivity contribution >= 4 is 17.3 Å². The first-order chi connectivity index (χ1) is 14.7. The number of carbonyl (C=O) groups excluding carboxylic acids is 1. The summed E-state index contributed by atoms with van der Waals surface area (Å²) in [5.41, 5.74) is 2.48. The third kappa shape index (κ3) is 6.03. The van der Waals surface area contributed by atoms with Crippen molar-refractivity contribution in [2.24, 2.45) is 0 Å². The Balaban J connectivity index is 1.93. The maximum absolute atomic E-state index is 13.1. The summed E-state index contributed by atoms with van der Waals surface area (Å²) in [5, 5.41) is 0. The van der Waals surface area contributed by atoms with Crippen molar-refractivity contribution in [2.75, 3.05) is 6.61 Å². The fourth-order valence-electron chi connectivity index (χ4n) is 3.88. The van der Waals surface area contributed by atoms with E-state index in [0.717, 1.165) is 35.3 Å². The van der Waals surface area contributed by atoms with Gasteiger partial charge in [0.25, 0.3) is 0 Å². The third-order valence-electron chi connectivity index (χ3n) is 5.49. The van der Waals surface area contributed by atoms with E-state index in [0.29, 0.717) is 19.6 Å². The van der Waals surface area contributed by atoms with E-state index in [2.05, 4.69) is 10.8 Å². The first-order valence-corrected chi connectivity index (χ1v) is 12.0. The van der Waals surface area contributed by atoms with Gasteiger partial charge in [0.1, 0.15) is 17.1 Å². The van der Waals surface area contributed by atoms with Crippen LogP contribution in [0.25, 0.3) is 0 Å². The van der Waals surface area contributed by atoms with E-state index in [1.807, 2.05) is 63.2 Å². The van der Waals surface area contributed by atoms with Gasteiger partial charge in [0.05, 0.1) is 18.6 Å². The predicted octanol–water partition coefficient (Wildman–Crippen LogP) is 4.80. The molecule has 1 aliphatic carbocycles. The molecule has 6 heteroatoms. The van der Waals surface area contributed by atoms with E-state index in [1.165, 1.54) is 0 Å². The van der Waals surface area contributed by atoms with Crippen molar-refractivity contribution in [1.82, 2.24) is 4.72 Å². The number of fused-ring (bicyclic) bond motifs is 1. The summed E-state index contributed by atoms with van der Waals surface area (Å²) in [5.74, 6) is 0.449. The molecule has 0 spiro atoms. The number of carbonyl (C=O) groups is 1. The molecular formula is C25H33NO4S. The molecule has 0 bridgehead atoms. The van der Waals surface area contributed by atoms with Crippen LogP contribution in [0.5, 0.6) is 5.75 Å². The molecule has 1 N–H and O–H groups in total. The lowest BCUT2D eigenvalue weighted by Crippen LogP contribution is -2.53. The summed E-state index contributed by atoms with van der Waals surface area (Å²) in [6.45, 7) is 8.37. The van der Waals surface area contributed by atoms with Crippen LogP contribution >= 0.6 is 0 Å². The summed E-state index contributed by atoms with van der Waals surface area (Å²) in [6.07, 6.45) is 2.67. The van der Waals surface area contributed by atoms with Crippen molar-refractivity contribution < 1.29 is 18.8 Å². The minimum Gasteiger partial charge on any atom is -0.598 e. The fraction of sp³-hybridized carbons (Fsp3) is 0.480. The molecule has 0 saturated carbocycles. The van der Waals surface area contributed by atoms with Crippen LogP contribution in [-0.2, 0) is 39.5 Å². The van der Waals surface area contributed by atoms with Gasteiger partial charge in [-0.25, -0.2) is 0 Å². The highest BCUT2D eigenvalue weighted by Crippen LogP contribution is 2.41. The number of hydrogen-bond acceptors (Lipinski definition) is 5. The quantitative estimate of drug-likeness (QED) is 0.469. The summed E-state index contributed by atoms with van der Waals surface area (Å²) in [6, 6.07) is 16.0. The zero-order valence-electron chi connectivity index (χ0n) is 18.9. The molecule has 0 aliphatic heterocycles. The van der Waals surface area contributed by atoms with Gasteiger partial charge in [-0.05, 0) is 75.8 Å². The Kier molecular flexibility index (Phi) is 7.68. The Hall–Kier alpha value is -2.02. The predicted molar refractivity (Wildman–Crippen MR) is 124 cm³/mol. The maximum Gasteiger partial charge on any atom is 0.308 e. The number of esters is 1. The Morgan fingerprint density at radius 2 is 1.94 bits per heavy atom. The average molecular weight is 444 g/mol. The Labute approximate surface area is 188 Å². The molecule has 2 atom stereocenters. The van der Waals surface area contributed by atoms with Gasteiger partial charge in [0.2, 0.25) is 0 Å². The molecule has 31 heavy (non-hydrogen) atoms. The van der Waals surface area contributed by atoms with E-state index in [4.69, 9.17) is 9.47 Å². The highest BCUT2D eigenvalue weighted by Gasteiger charge is 2.45. The molecule has 5 nitrogen and oxygen atoms in total. The molecule has 0 radical (unpaired) electrons. The smallest absolute Gasteiger partial charge is 0.308 e. The van der Waals surface area contributed by atoms with Crippen molar-refractivity contribution in [3.8, 4) is 5.75 Å². The topological polar surface area (TPSA) is 70.6 Å². The van der Waals surface area contributed by atoms with Crippen molar-refractivity contribution in [2.45, 2.75) is 70.3 Å². The Bertz CT molecular complexity index is 881. The minimum atomic E-state index is -1.34. The highest BCUT2D eigenvalue weighted by atomic mass is 32.2. The van der Waals surface area contributed by atoms with E-state index in [1.54, 1.807) is 6.92 Å². The molecule has 0 heterocycles. The molecule has 168 valence electrons. The van der Waals surface area contributed by atoms with Crippen LogP contribution in [0.3, 0.4) is 0 Å². The second-order valence-corrected chi connectivity index (χ2v) is 11.0. The molecule has 1 aliphatic rings. The lowest BCUT2D eigenvalue weighted by atomic mass is 9.75. The van der Waals surface area contributed by atoms with E-state index >= 15 is 0 Å². The Morgan fingerprint density at radius 3 is 2.61 bits per heavy atom. The van der Waals surface area contributed by atoms with E-state index in [-0.39, 0.29) is 12.4 Å². The normalized spacial score (nSPS) is 19.4. The average Bonchev–Trinajstić information content (AvgIpc) is 2.73. The van der Waals surface area contributed by atoms with E-state index < -0.39 is 21.6 Å². The highest BCUT2D eigenvalue weighted by molar-refractivity contribution is 7.90. The van der Waals surface area contributed by atoms with Crippen LogP contribution in [0.4, 0.5) is 0 Å². The van der Waals surface area contributed by atoms with Crippen molar-refractivity contribution in [1.29, 1.82) is 0 Å². The van der Waals surface area contributed by atoms with Crippen LogP contribution in [0, 0.1) is 0 Å². The van der Waals surface area contributed by atoms with Crippen LogP contribution < -0.4 is 9.46 Å². The molecule has 2 aromatic carbocycles. The molecule has 0 saturated heterocycles. The minimum absolute atomic E-state index is 0.137. The SMILES string of the molecule is CCOC(=O)CC1(N[S+]([O-])C(C)(C)C)CCCc2ccc(OCc3ccccc3)cc21. The van der Waals surface area contributed by atoms with Gasteiger partial charge in [-0.15, -0.1) is 4.72 Å². The van der Waals surface area contributed by atoms with Crippen LogP contribution in [0.15, 0.2) is 48.5 Å². The van der Waals surface area contributed by atoms with Gasteiger partial charge >= 0.3 is 5.97 Å². The van der Waals surface area contributed by atoms with Gasteiger partial charge in [-0.1, -0.05) is 36.4 Å². The second-order valence-electron chi connectivity index (χ2n) is 8.99. The lowest BCUT2D eigenvalue weighted by Gasteiger charge is -2.41. The standard InChI is InChI=1S/C25H33NO4S/c1-5-29-23(27)17-25(26-31(28)24(2,3)4)15-9-12-20-13-14-21(16-22(20)25)30-18-19-10-7-6-8-11-19/h6-8,10-11,13-14,16,26H,5,9,12,15,17-18H2,1-4H3. The lowest BCUT2D eigenvalue weighted by molar-refractivity contribution is -0.145. The summed E-state index contributed by atoms with van der Waals surface area (Å²) in [4.78, 5) is 12.6.